The van der Waals surface area contributed by atoms with Gasteiger partial charge in [0.25, 0.3) is 10.0 Å². The van der Waals surface area contributed by atoms with Crippen LogP contribution in [0.25, 0.3) is 0 Å². The first kappa shape index (κ1) is 20.6. The molecule has 0 fully saturated rings. The molecule has 3 N–H and O–H groups in total. The first-order chi connectivity index (χ1) is 13.9. The Kier molecular flexibility index (Phi) is 6.36. The Balaban J connectivity index is 1.74. The molecule has 0 unspecified atom stereocenters. The second-order valence-corrected chi connectivity index (χ2v) is 8.69. The van der Waals surface area contributed by atoms with Crippen LogP contribution >= 0.6 is 11.3 Å². The predicted molar refractivity (Wildman–Crippen MR) is 110 cm³/mol. The minimum Gasteiger partial charge on any atom is -0.364 e. The molecular formula is C17H18N6O4S2. The van der Waals surface area contributed by atoms with Crippen molar-refractivity contribution in [2.75, 3.05) is 17.3 Å². The predicted octanol–water partition coefficient (Wildman–Crippen LogP) is 2.71. The molecule has 3 rings (SSSR count). The molecule has 10 nitrogen and oxygen atoms in total. The fraction of sp³-hybridized carbons (Fsp3) is 0.176. The number of hydrogen-bond acceptors (Lipinski definition) is 9. The second-order valence-electron chi connectivity index (χ2n) is 5.98. The third-order valence-electron chi connectivity index (χ3n) is 3.88. The number of benzene rings is 1. The van der Waals surface area contributed by atoms with Crippen molar-refractivity contribution in [2.24, 2.45) is 0 Å². The minimum absolute atomic E-state index is 0.00131. The van der Waals surface area contributed by atoms with E-state index in [1.807, 2.05) is 24.4 Å². The van der Waals surface area contributed by atoms with Crippen molar-refractivity contribution in [3.05, 3.63) is 68.7 Å². The van der Waals surface area contributed by atoms with Gasteiger partial charge in [0.15, 0.2) is 0 Å². The van der Waals surface area contributed by atoms with E-state index in [1.165, 1.54) is 12.1 Å². The van der Waals surface area contributed by atoms with Crippen LogP contribution in [-0.4, -0.2) is 29.9 Å². The molecule has 3 aromatic rings. The van der Waals surface area contributed by atoms with E-state index in [4.69, 9.17) is 0 Å². The highest BCUT2D eigenvalue weighted by Crippen LogP contribution is 2.28. The fourth-order valence-corrected chi connectivity index (χ4v) is 3.98. The van der Waals surface area contributed by atoms with Gasteiger partial charge in [-0.1, -0.05) is 23.8 Å². The zero-order valence-electron chi connectivity index (χ0n) is 15.3. The van der Waals surface area contributed by atoms with Gasteiger partial charge in [0.05, 0.1) is 9.82 Å². The number of hydrazine groups is 1. The molecule has 0 atom stereocenters. The van der Waals surface area contributed by atoms with Gasteiger partial charge in [-0.05, 0) is 36.9 Å². The van der Waals surface area contributed by atoms with Gasteiger partial charge in [-0.3, -0.25) is 15.5 Å². The van der Waals surface area contributed by atoms with Gasteiger partial charge in [0, 0.05) is 11.4 Å². The second kappa shape index (κ2) is 8.94. The highest BCUT2D eigenvalue weighted by atomic mass is 32.2. The maximum Gasteiger partial charge on any atom is 0.354 e. The number of anilines is 2. The van der Waals surface area contributed by atoms with Crippen LogP contribution in [0.2, 0.25) is 0 Å². The summed E-state index contributed by atoms with van der Waals surface area (Å²) in [6.45, 7) is 2.26. The normalized spacial score (nSPS) is 11.2. The van der Waals surface area contributed by atoms with E-state index in [9.17, 15) is 18.5 Å². The largest absolute Gasteiger partial charge is 0.364 e. The summed E-state index contributed by atoms with van der Waals surface area (Å²) in [4.78, 5) is 21.8. The molecule has 0 saturated carbocycles. The molecule has 0 amide bonds. The van der Waals surface area contributed by atoms with Gasteiger partial charge in [-0.2, -0.15) is 0 Å². The molecule has 29 heavy (non-hydrogen) atoms. The molecule has 0 aliphatic heterocycles. The summed E-state index contributed by atoms with van der Waals surface area (Å²) < 4.78 is 24.8. The van der Waals surface area contributed by atoms with Crippen LogP contribution in [0.1, 0.15) is 10.4 Å². The van der Waals surface area contributed by atoms with Crippen LogP contribution in [0.3, 0.4) is 0 Å². The summed E-state index contributed by atoms with van der Waals surface area (Å²) in [6, 6.07) is 10.1. The lowest BCUT2D eigenvalue weighted by atomic mass is 10.2. The van der Waals surface area contributed by atoms with Gasteiger partial charge in [-0.25, -0.2) is 18.4 Å². The molecule has 0 aliphatic carbocycles. The van der Waals surface area contributed by atoms with E-state index in [0.717, 1.165) is 16.8 Å². The van der Waals surface area contributed by atoms with E-state index in [2.05, 4.69) is 25.5 Å². The van der Waals surface area contributed by atoms with Crippen molar-refractivity contribution in [1.29, 1.82) is 0 Å². The zero-order valence-corrected chi connectivity index (χ0v) is 17.0. The fourth-order valence-electron chi connectivity index (χ4n) is 2.42. The van der Waals surface area contributed by atoms with Crippen LogP contribution < -0.4 is 15.6 Å². The van der Waals surface area contributed by atoms with Gasteiger partial charge in [0.1, 0.15) is 6.33 Å². The van der Waals surface area contributed by atoms with Gasteiger partial charge >= 0.3 is 5.69 Å². The molecular weight excluding hydrogens is 416 g/mol. The van der Waals surface area contributed by atoms with Gasteiger partial charge < -0.3 is 5.32 Å². The molecule has 2 aromatic heterocycles. The van der Waals surface area contributed by atoms with Crippen molar-refractivity contribution >= 4 is 38.7 Å². The summed E-state index contributed by atoms with van der Waals surface area (Å²) >= 11 is 1.59. The number of nitrogens with one attached hydrogen (secondary N) is 3. The Bertz CT molecular complexity index is 1090. The molecule has 0 radical (unpaired) electrons. The third kappa shape index (κ3) is 5.25. The van der Waals surface area contributed by atoms with E-state index < -0.39 is 20.6 Å². The number of aryl methyl sites for hydroxylation is 1. The van der Waals surface area contributed by atoms with Crippen molar-refractivity contribution in [1.82, 2.24) is 14.8 Å². The van der Waals surface area contributed by atoms with Crippen LogP contribution in [-0.2, 0) is 16.4 Å². The van der Waals surface area contributed by atoms with Crippen LogP contribution in [0.5, 0.6) is 0 Å². The average Bonchev–Trinajstić information content (AvgIpc) is 3.20. The Hall–Kier alpha value is -3.09. The van der Waals surface area contributed by atoms with Crippen molar-refractivity contribution in [2.45, 2.75) is 18.2 Å². The third-order valence-corrected chi connectivity index (χ3v) is 6.08. The molecule has 12 heteroatoms. The SMILES string of the molecule is Cc1ccc(S(=O)(=O)NNc2ncnc(NCCc3cccs3)c2[N+](=O)[O-])cc1. The molecule has 0 aliphatic rings. The quantitative estimate of drug-likeness (QED) is 0.345. The highest BCUT2D eigenvalue weighted by Gasteiger charge is 2.24. The molecule has 152 valence electrons. The number of thiophene rings is 1. The smallest absolute Gasteiger partial charge is 0.354 e. The molecule has 0 spiro atoms. The summed E-state index contributed by atoms with van der Waals surface area (Å²) in [5.41, 5.74) is 2.77. The van der Waals surface area contributed by atoms with E-state index >= 15 is 0 Å². The van der Waals surface area contributed by atoms with Crippen molar-refractivity contribution in [3.8, 4) is 0 Å². The summed E-state index contributed by atoms with van der Waals surface area (Å²) in [6.07, 6.45) is 1.78. The number of aromatic nitrogens is 2. The first-order valence-corrected chi connectivity index (χ1v) is 10.8. The molecule has 0 bridgehead atoms. The van der Waals surface area contributed by atoms with Crippen molar-refractivity contribution in [3.63, 3.8) is 0 Å². The van der Waals surface area contributed by atoms with Crippen LogP contribution in [0.4, 0.5) is 17.3 Å². The topological polar surface area (TPSA) is 139 Å². The average molecular weight is 435 g/mol. The summed E-state index contributed by atoms with van der Waals surface area (Å²) in [5, 5.41) is 16.4. The molecule has 1 aromatic carbocycles. The standard InChI is InChI=1S/C17H18N6O4S2/c1-12-4-6-14(7-5-12)29(26,27)22-21-17-15(23(24)25)16(19-11-20-17)18-9-8-13-3-2-10-28-13/h2-7,10-11,22H,8-9H2,1H3,(H2,18,19,20,21). The number of hydrogen-bond donors (Lipinski definition) is 3. The number of nitro groups is 1. The van der Waals surface area contributed by atoms with E-state index in [0.29, 0.717) is 13.0 Å². The molecule has 0 saturated heterocycles. The zero-order chi connectivity index (χ0) is 20.9. The Morgan fingerprint density at radius 2 is 1.86 bits per heavy atom. The van der Waals surface area contributed by atoms with Crippen LogP contribution in [0, 0.1) is 17.0 Å². The lowest BCUT2D eigenvalue weighted by molar-refractivity contribution is -0.383. The van der Waals surface area contributed by atoms with E-state index in [-0.39, 0.29) is 16.5 Å². The van der Waals surface area contributed by atoms with Gasteiger partial charge in [-0.15, -0.1) is 16.2 Å². The van der Waals surface area contributed by atoms with E-state index in [1.54, 1.807) is 23.5 Å². The monoisotopic (exact) mass is 434 g/mol. The minimum atomic E-state index is -3.94. The number of nitrogens with zero attached hydrogens (tertiary/aromatic N) is 3. The van der Waals surface area contributed by atoms with Gasteiger partial charge in [0.2, 0.25) is 11.6 Å². The summed E-state index contributed by atoms with van der Waals surface area (Å²) in [7, 11) is -3.94. The maximum atomic E-state index is 12.4. The lowest BCUT2D eigenvalue weighted by Crippen LogP contribution is -2.30. The highest BCUT2D eigenvalue weighted by molar-refractivity contribution is 7.89. The van der Waals surface area contributed by atoms with Crippen LogP contribution in [0.15, 0.2) is 53.0 Å². The Morgan fingerprint density at radius 1 is 1.14 bits per heavy atom. The number of rotatable bonds is 9. The maximum absolute atomic E-state index is 12.4. The summed E-state index contributed by atoms with van der Waals surface area (Å²) in [5.74, 6) is -0.266. The van der Waals surface area contributed by atoms with Crippen molar-refractivity contribution < 1.29 is 13.3 Å². The Morgan fingerprint density at radius 3 is 2.52 bits per heavy atom. The lowest BCUT2D eigenvalue weighted by Gasteiger charge is -2.11. The number of sulfonamides is 1. The first-order valence-electron chi connectivity index (χ1n) is 8.47. The Labute approximate surface area is 171 Å². The molecule has 2 heterocycles.